The van der Waals surface area contributed by atoms with Gasteiger partial charge in [-0.3, -0.25) is 0 Å². The van der Waals surface area contributed by atoms with Gasteiger partial charge in [0.25, 0.3) is 0 Å². The second-order valence-corrected chi connectivity index (χ2v) is 6.92. The summed E-state index contributed by atoms with van der Waals surface area (Å²) in [5, 5.41) is 4.63. The van der Waals surface area contributed by atoms with Gasteiger partial charge in [-0.25, -0.2) is 9.78 Å². The number of nitrogens with zero attached hydrogens (tertiary/aromatic N) is 2. The molecular weight excluding hydrogens is 366 g/mol. The lowest BCUT2D eigenvalue weighted by atomic mass is 10.1. The van der Waals surface area contributed by atoms with Gasteiger partial charge in [-0.15, -0.1) is 0 Å². The van der Waals surface area contributed by atoms with Gasteiger partial charge in [-0.05, 0) is 30.3 Å². The molecule has 0 spiro atoms. The molecule has 1 N–H and O–H groups in total. The van der Waals surface area contributed by atoms with Gasteiger partial charge < -0.3 is 19.1 Å². The van der Waals surface area contributed by atoms with Crippen LogP contribution in [0.5, 0.6) is 0 Å². The fourth-order valence-electron chi connectivity index (χ4n) is 3.40. The van der Waals surface area contributed by atoms with E-state index in [0.717, 1.165) is 37.3 Å². The first-order chi connectivity index (χ1) is 13.2. The smallest absolute Gasteiger partial charge is 0.349 e. The van der Waals surface area contributed by atoms with Crippen LogP contribution < -0.4 is 15.8 Å². The van der Waals surface area contributed by atoms with Crippen molar-refractivity contribution >= 4 is 39.4 Å². The largest absolute Gasteiger partial charge is 0.436 e. The number of para-hydroxylation sites is 1. The van der Waals surface area contributed by atoms with Crippen molar-refractivity contribution in [1.82, 2.24) is 10.3 Å². The quantitative estimate of drug-likeness (QED) is 0.534. The highest BCUT2D eigenvalue weighted by Gasteiger charge is 2.17. The number of piperazine rings is 1. The van der Waals surface area contributed by atoms with Crippen LogP contribution in [0.2, 0.25) is 5.02 Å². The predicted octanol–water partition coefficient (Wildman–Crippen LogP) is 3.66. The Bertz CT molecular complexity index is 1210. The molecule has 0 aliphatic carbocycles. The van der Waals surface area contributed by atoms with Crippen LogP contribution in [0.1, 0.15) is 0 Å². The SMILES string of the molecule is O=c1oc2cc(N3CCNCC3)ccc2cc1-c1nc2c(Cl)cccc2o1. The molecule has 5 rings (SSSR count). The average molecular weight is 382 g/mol. The zero-order valence-electron chi connectivity index (χ0n) is 14.4. The second-order valence-electron chi connectivity index (χ2n) is 6.51. The number of hydrogen-bond donors (Lipinski definition) is 1. The Morgan fingerprint density at radius 2 is 1.89 bits per heavy atom. The van der Waals surface area contributed by atoms with Crippen LogP contribution in [0.25, 0.3) is 33.5 Å². The number of anilines is 1. The summed E-state index contributed by atoms with van der Waals surface area (Å²) >= 11 is 6.15. The Morgan fingerprint density at radius 3 is 2.70 bits per heavy atom. The summed E-state index contributed by atoms with van der Waals surface area (Å²) in [5.74, 6) is 0.208. The number of halogens is 1. The number of oxazole rings is 1. The summed E-state index contributed by atoms with van der Waals surface area (Å²) in [6, 6.07) is 12.9. The summed E-state index contributed by atoms with van der Waals surface area (Å²) in [6.45, 7) is 3.75. The van der Waals surface area contributed by atoms with E-state index in [4.69, 9.17) is 20.4 Å². The molecule has 1 fully saturated rings. The molecular formula is C20H16ClN3O3. The number of nitrogens with one attached hydrogen (secondary N) is 1. The molecule has 0 bridgehead atoms. The molecule has 0 atom stereocenters. The Hall–Kier alpha value is -2.83. The lowest BCUT2D eigenvalue weighted by molar-refractivity contribution is 0.552. The number of fused-ring (bicyclic) bond motifs is 2. The van der Waals surface area contributed by atoms with Crippen LogP contribution in [-0.2, 0) is 0 Å². The fourth-order valence-corrected chi connectivity index (χ4v) is 3.61. The molecule has 0 amide bonds. The third-order valence-corrected chi connectivity index (χ3v) is 5.11. The van der Waals surface area contributed by atoms with E-state index >= 15 is 0 Å². The number of aromatic nitrogens is 1. The minimum atomic E-state index is -0.484. The van der Waals surface area contributed by atoms with E-state index in [1.807, 2.05) is 18.2 Å². The molecule has 136 valence electrons. The fraction of sp³-hybridized carbons (Fsp3) is 0.200. The summed E-state index contributed by atoms with van der Waals surface area (Å²) in [6.07, 6.45) is 0. The molecule has 6 nitrogen and oxygen atoms in total. The Balaban J connectivity index is 1.60. The van der Waals surface area contributed by atoms with E-state index in [1.54, 1.807) is 24.3 Å². The highest BCUT2D eigenvalue weighted by Crippen LogP contribution is 2.29. The van der Waals surface area contributed by atoms with Crippen LogP contribution in [-0.4, -0.2) is 31.2 Å². The lowest BCUT2D eigenvalue weighted by Crippen LogP contribution is -2.43. The molecule has 0 radical (unpaired) electrons. The Labute approximate surface area is 159 Å². The normalized spacial score (nSPS) is 14.9. The Kier molecular flexibility index (Phi) is 3.88. The molecule has 1 saturated heterocycles. The molecule has 2 aromatic carbocycles. The van der Waals surface area contributed by atoms with Crippen LogP contribution >= 0.6 is 11.6 Å². The molecule has 7 heteroatoms. The molecule has 3 heterocycles. The van der Waals surface area contributed by atoms with Gasteiger partial charge in [-0.2, -0.15) is 0 Å². The maximum atomic E-state index is 12.6. The van der Waals surface area contributed by atoms with Gasteiger partial charge in [0.05, 0.1) is 5.02 Å². The zero-order chi connectivity index (χ0) is 18.4. The van der Waals surface area contributed by atoms with Crippen molar-refractivity contribution in [2.24, 2.45) is 0 Å². The van der Waals surface area contributed by atoms with Gasteiger partial charge in [0.1, 0.15) is 16.7 Å². The summed E-state index contributed by atoms with van der Waals surface area (Å²) in [7, 11) is 0. The van der Waals surface area contributed by atoms with E-state index in [-0.39, 0.29) is 11.5 Å². The van der Waals surface area contributed by atoms with E-state index < -0.39 is 5.63 Å². The first kappa shape index (κ1) is 16.4. The lowest BCUT2D eigenvalue weighted by Gasteiger charge is -2.29. The molecule has 1 aliphatic heterocycles. The van der Waals surface area contributed by atoms with E-state index in [9.17, 15) is 4.79 Å². The monoisotopic (exact) mass is 381 g/mol. The van der Waals surface area contributed by atoms with E-state index in [2.05, 4.69) is 15.2 Å². The number of benzene rings is 2. The molecule has 4 aromatic rings. The number of hydrogen-bond acceptors (Lipinski definition) is 6. The van der Waals surface area contributed by atoms with Crippen molar-refractivity contribution < 1.29 is 8.83 Å². The number of rotatable bonds is 2. The van der Waals surface area contributed by atoms with Crippen LogP contribution in [0.4, 0.5) is 5.69 Å². The molecule has 0 unspecified atom stereocenters. The van der Waals surface area contributed by atoms with Crippen molar-refractivity contribution in [3.8, 4) is 11.5 Å². The third-order valence-electron chi connectivity index (χ3n) is 4.80. The van der Waals surface area contributed by atoms with Gasteiger partial charge in [0.2, 0.25) is 5.89 Å². The zero-order valence-corrected chi connectivity index (χ0v) is 15.1. The van der Waals surface area contributed by atoms with E-state index in [0.29, 0.717) is 21.7 Å². The van der Waals surface area contributed by atoms with Gasteiger partial charge in [0, 0.05) is 43.3 Å². The van der Waals surface area contributed by atoms with Gasteiger partial charge in [0.15, 0.2) is 5.58 Å². The molecule has 2 aromatic heterocycles. The average Bonchev–Trinajstić information content (AvgIpc) is 3.13. The highest BCUT2D eigenvalue weighted by atomic mass is 35.5. The van der Waals surface area contributed by atoms with Gasteiger partial charge >= 0.3 is 5.63 Å². The summed E-state index contributed by atoms with van der Waals surface area (Å²) in [4.78, 5) is 19.2. The Morgan fingerprint density at radius 1 is 1.04 bits per heavy atom. The first-order valence-corrected chi connectivity index (χ1v) is 9.16. The molecule has 27 heavy (non-hydrogen) atoms. The van der Waals surface area contributed by atoms with Crippen molar-refractivity contribution in [2.75, 3.05) is 31.1 Å². The van der Waals surface area contributed by atoms with Crippen molar-refractivity contribution in [1.29, 1.82) is 0 Å². The van der Waals surface area contributed by atoms with Crippen molar-refractivity contribution in [3.63, 3.8) is 0 Å². The van der Waals surface area contributed by atoms with Crippen molar-refractivity contribution in [3.05, 3.63) is 57.9 Å². The van der Waals surface area contributed by atoms with Crippen LogP contribution in [0.3, 0.4) is 0 Å². The summed E-state index contributed by atoms with van der Waals surface area (Å²) in [5.41, 5.74) is 2.46. The first-order valence-electron chi connectivity index (χ1n) is 8.78. The summed E-state index contributed by atoms with van der Waals surface area (Å²) < 4.78 is 11.3. The maximum Gasteiger partial charge on any atom is 0.349 e. The third kappa shape index (κ3) is 2.87. The van der Waals surface area contributed by atoms with Crippen LogP contribution in [0.15, 0.2) is 56.1 Å². The second kappa shape index (κ2) is 6.40. The minimum Gasteiger partial charge on any atom is -0.436 e. The predicted molar refractivity (Wildman–Crippen MR) is 106 cm³/mol. The molecule has 0 saturated carbocycles. The highest BCUT2D eigenvalue weighted by molar-refractivity contribution is 6.34. The van der Waals surface area contributed by atoms with Gasteiger partial charge in [-0.1, -0.05) is 17.7 Å². The minimum absolute atomic E-state index is 0.208. The topological polar surface area (TPSA) is 71.5 Å². The molecule has 1 aliphatic rings. The van der Waals surface area contributed by atoms with Crippen LogP contribution in [0, 0.1) is 0 Å². The standard InChI is InChI=1S/C20H16ClN3O3/c21-15-2-1-3-16-18(15)23-19(26-16)14-10-12-4-5-13(11-17(12)27-20(14)25)24-8-6-22-7-9-24/h1-5,10-11,22H,6-9H2. The maximum absolute atomic E-state index is 12.6. The van der Waals surface area contributed by atoms with E-state index in [1.165, 1.54) is 0 Å². The van der Waals surface area contributed by atoms with Crippen molar-refractivity contribution in [2.45, 2.75) is 0 Å².